The average molecular weight is 533 g/mol. The minimum atomic E-state index is -0.211. The van der Waals surface area contributed by atoms with E-state index in [0.29, 0.717) is 38.7 Å². The van der Waals surface area contributed by atoms with E-state index < -0.39 is 0 Å². The van der Waals surface area contributed by atoms with Crippen LogP contribution >= 0.6 is 0 Å². The number of piperazine rings is 2. The van der Waals surface area contributed by atoms with Gasteiger partial charge in [0.05, 0.1) is 11.6 Å². The normalized spacial score (nSPS) is 17.8. The van der Waals surface area contributed by atoms with Gasteiger partial charge in [-0.1, -0.05) is 49.4 Å². The van der Waals surface area contributed by atoms with E-state index in [4.69, 9.17) is 4.98 Å². The van der Waals surface area contributed by atoms with E-state index >= 15 is 0 Å². The van der Waals surface area contributed by atoms with Gasteiger partial charge in [-0.25, -0.2) is 9.37 Å². The van der Waals surface area contributed by atoms with E-state index in [9.17, 15) is 14.0 Å². The first kappa shape index (κ1) is 27.0. The molecule has 206 valence electrons. The van der Waals surface area contributed by atoms with Crippen molar-refractivity contribution >= 4 is 11.9 Å². The summed E-state index contributed by atoms with van der Waals surface area (Å²) in [4.78, 5) is 42.1. The predicted molar refractivity (Wildman–Crippen MR) is 150 cm³/mol. The molecule has 5 rings (SSSR count). The lowest BCUT2D eigenvalue weighted by Gasteiger charge is -2.37. The quantitative estimate of drug-likeness (QED) is 0.481. The number of halogens is 1. The summed E-state index contributed by atoms with van der Waals surface area (Å²) in [5.74, 6) is 0.402. The number of benzene rings is 2. The number of aromatic amines is 1. The first-order chi connectivity index (χ1) is 19.0. The maximum Gasteiger partial charge on any atom is 0.252 e. The standard InChI is InChI=1S/C30H37FN6O2/c1-2-27(24-6-4-3-5-7-24)29(39)36-16-18-37(19-17-36)30-32-26(20-28(38)33-30)22-35-14-12-34(13-15-35)21-23-8-10-25(31)11-9-23/h3-11,20,27H,2,12-19,21-22H2,1H3,(H,32,33,38). The van der Waals surface area contributed by atoms with Crippen LogP contribution in [0.2, 0.25) is 0 Å². The third-order valence-corrected chi connectivity index (χ3v) is 7.75. The Bertz CT molecular complexity index is 1280. The van der Waals surface area contributed by atoms with Crippen molar-refractivity contribution in [3.8, 4) is 0 Å². The monoisotopic (exact) mass is 532 g/mol. The smallest absolute Gasteiger partial charge is 0.252 e. The second-order valence-electron chi connectivity index (χ2n) is 10.4. The molecule has 2 fully saturated rings. The number of nitrogens with one attached hydrogen (secondary N) is 1. The van der Waals surface area contributed by atoms with Crippen LogP contribution in [-0.2, 0) is 17.9 Å². The van der Waals surface area contributed by atoms with Gasteiger partial charge >= 0.3 is 0 Å². The molecule has 2 aromatic carbocycles. The van der Waals surface area contributed by atoms with Gasteiger partial charge in [0.15, 0.2) is 0 Å². The third kappa shape index (κ3) is 6.91. The molecule has 1 atom stereocenters. The zero-order chi connectivity index (χ0) is 27.2. The number of H-pyrrole nitrogens is 1. The van der Waals surface area contributed by atoms with Gasteiger partial charge < -0.3 is 9.80 Å². The van der Waals surface area contributed by atoms with Crippen molar-refractivity contribution in [2.75, 3.05) is 57.3 Å². The molecule has 8 nitrogen and oxygen atoms in total. The molecule has 0 aliphatic carbocycles. The first-order valence-electron chi connectivity index (χ1n) is 13.9. The fourth-order valence-electron chi connectivity index (χ4n) is 5.50. The average Bonchev–Trinajstić information content (AvgIpc) is 2.96. The molecule has 1 unspecified atom stereocenters. The van der Waals surface area contributed by atoms with Gasteiger partial charge in [0.25, 0.3) is 5.56 Å². The summed E-state index contributed by atoms with van der Waals surface area (Å²) in [6, 6.07) is 18.2. The van der Waals surface area contributed by atoms with Gasteiger partial charge in [0.1, 0.15) is 5.82 Å². The van der Waals surface area contributed by atoms with Gasteiger partial charge in [0, 0.05) is 71.5 Å². The second kappa shape index (κ2) is 12.5. The summed E-state index contributed by atoms with van der Waals surface area (Å²) in [5, 5.41) is 0. The van der Waals surface area contributed by atoms with E-state index in [-0.39, 0.29) is 23.2 Å². The molecule has 3 aromatic rings. The molecule has 0 bridgehead atoms. The molecule has 0 saturated carbocycles. The summed E-state index contributed by atoms with van der Waals surface area (Å²) in [6.45, 7) is 9.52. The topological polar surface area (TPSA) is 75.8 Å². The van der Waals surface area contributed by atoms with Crippen molar-refractivity contribution in [3.63, 3.8) is 0 Å². The van der Waals surface area contributed by atoms with E-state index in [1.54, 1.807) is 6.07 Å². The molecule has 39 heavy (non-hydrogen) atoms. The number of amides is 1. The largest absolute Gasteiger partial charge is 0.339 e. The van der Waals surface area contributed by atoms with Crippen LogP contribution in [0, 0.1) is 5.82 Å². The number of anilines is 1. The van der Waals surface area contributed by atoms with Gasteiger partial charge in [-0.05, 0) is 29.7 Å². The molecule has 2 aliphatic heterocycles. The highest BCUT2D eigenvalue weighted by Gasteiger charge is 2.28. The fourth-order valence-corrected chi connectivity index (χ4v) is 5.50. The molecule has 2 saturated heterocycles. The Kier molecular flexibility index (Phi) is 8.68. The van der Waals surface area contributed by atoms with Crippen LogP contribution in [-0.4, -0.2) is 82.9 Å². The molecule has 0 spiro atoms. The second-order valence-corrected chi connectivity index (χ2v) is 10.4. The van der Waals surface area contributed by atoms with Gasteiger partial charge in [-0.15, -0.1) is 0 Å². The highest BCUT2D eigenvalue weighted by atomic mass is 19.1. The minimum absolute atomic E-state index is 0.129. The molecule has 3 heterocycles. The third-order valence-electron chi connectivity index (χ3n) is 7.75. The maximum absolute atomic E-state index is 13.3. The zero-order valence-corrected chi connectivity index (χ0v) is 22.6. The molecule has 1 N–H and O–H groups in total. The van der Waals surface area contributed by atoms with Crippen LogP contribution in [0.1, 0.15) is 36.1 Å². The van der Waals surface area contributed by atoms with Crippen LogP contribution in [0.25, 0.3) is 0 Å². The Morgan fingerprint density at radius 3 is 2.18 bits per heavy atom. The Hall–Kier alpha value is -3.56. The molecule has 0 radical (unpaired) electrons. The highest BCUT2D eigenvalue weighted by Crippen LogP contribution is 2.23. The Morgan fingerprint density at radius 2 is 1.54 bits per heavy atom. The molecule has 1 aromatic heterocycles. The number of hydrogen-bond donors (Lipinski definition) is 1. The lowest BCUT2D eigenvalue weighted by Crippen LogP contribution is -2.50. The fraction of sp³-hybridized carbons (Fsp3) is 0.433. The number of nitrogens with zero attached hydrogens (tertiary/aromatic N) is 5. The Balaban J connectivity index is 1.14. The highest BCUT2D eigenvalue weighted by molar-refractivity contribution is 5.84. The van der Waals surface area contributed by atoms with Crippen LogP contribution in [0.4, 0.5) is 10.3 Å². The van der Waals surface area contributed by atoms with Crippen LogP contribution in [0.15, 0.2) is 65.5 Å². The first-order valence-corrected chi connectivity index (χ1v) is 13.9. The molecule has 9 heteroatoms. The van der Waals surface area contributed by atoms with Crippen molar-refractivity contribution in [2.24, 2.45) is 0 Å². The molecule has 2 aliphatic rings. The van der Waals surface area contributed by atoms with E-state index in [1.807, 2.05) is 47.4 Å². The van der Waals surface area contributed by atoms with Gasteiger partial charge in [-0.3, -0.25) is 24.4 Å². The van der Waals surface area contributed by atoms with Crippen molar-refractivity contribution in [1.82, 2.24) is 24.7 Å². The van der Waals surface area contributed by atoms with E-state index in [0.717, 1.165) is 56.0 Å². The Morgan fingerprint density at radius 1 is 0.897 bits per heavy atom. The van der Waals surface area contributed by atoms with Gasteiger partial charge in [0.2, 0.25) is 11.9 Å². The van der Waals surface area contributed by atoms with Crippen molar-refractivity contribution < 1.29 is 9.18 Å². The van der Waals surface area contributed by atoms with Crippen LogP contribution in [0.3, 0.4) is 0 Å². The zero-order valence-electron chi connectivity index (χ0n) is 22.6. The minimum Gasteiger partial charge on any atom is -0.339 e. The number of rotatable bonds is 8. The summed E-state index contributed by atoms with van der Waals surface area (Å²) in [5.41, 5.74) is 2.77. The van der Waals surface area contributed by atoms with Crippen molar-refractivity contribution in [2.45, 2.75) is 32.4 Å². The molecular weight excluding hydrogens is 495 g/mol. The van der Waals surface area contributed by atoms with E-state index in [1.165, 1.54) is 12.1 Å². The number of carbonyl (C=O) groups is 1. The Labute approximate surface area is 229 Å². The molecular formula is C30H37FN6O2. The van der Waals surface area contributed by atoms with Crippen molar-refractivity contribution in [3.05, 3.63) is 93.7 Å². The van der Waals surface area contributed by atoms with E-state index in [2.05, 4.69) is 26.6 Å². The summed E-state index contributed by atoms with van der Waals surface area (Å²) >= 11 is 0. The SMILES string of the molecule is CCC(C(=O)N1CCN(c2nc(CN3CCN(Cc4ccc(F)cc4)CC3)cc(=O)[nH]2)CC1)c1ccccc1. The van der Waals surface area contributed by atoms with Crippen LogP contribution < -0.4 is 10.5 Å². The predicted octanol–water partition coefficient (Wildman–Crippen LogP) is 3.07. The maximum atomic E-state index is 13.3. The van der Waals surface area contributed by atoms with Crippen molar-refractivity contribution in [1.29, 1.82) is 0 Å². The van der Waals surface area contributed by atoms with Crippen LogP contribution in [0.5, 0.6) is 0 Å². The number of hydrogen-bond acceptors (Lipinski definition) is 6. The van der Waals surface area contributed by atoms with Gasteiger partial charge in [-0.2, -0.15) is 0 Å². The number of aromatic nitrogens is 2. The summed E-state index contributed by atoms with van der Waals surface area (Å²) < 4.78 is 13.2. The molecule has 1 amide bonds. The summed E-state index contributed by atoms with van der Waals surface area (Å²) in [6.07, 6.45) is 0.764. The summed E-state index contributed by atoms with van der Waals surface area (Å²) in [7, 11) is 0. The lowest BCUT2D eigenvalue weighted by atomic mass is 9.95. The lowest BCUT2D eigenvalue weighted by molar-refractivity contribution is -0.133. The number of carbonyl (C=O) groups excluding carboxylic acids is 1.